The van der Waals surface area contributed by atoms with Gasteiger partial charge in [0.05, 0.1) is 19.3 Å². The van der Waals surface area contributed by atoms with Gasteiger partial charge >= 0.3 is 0 Å². The molecule has 0 aliphatic rings. The predicted octanol–water partition coefficient (Wildman–Crippen LogP) is 3.07. The van der Waals surface area contributed by atoms with Gasteiger partial charge in [-0.25, -0.2) is 4.99 Å². The molecule has 1 atom stereocenters. The number of aliphatic hydroxyl groups excluding tert-OH is 1. The molecule has 0 aliphatic heterocycles. The Morgan fingerprint density at radius 2 is 1.87 bits per heavy atom. The first kappa shape index (κ1) is 23.7. The lowest BCUT2D eigenvalue weighted by Gasteiger charge is -2.16. The molecule has 30 heavy (non-hydrogen) atoms. The maximum Gasteiger partial charge on any atom is 0.191 e. The fourth-order valence-corrected chi connectivity index (χ4v) is 2.96. The normalized spacial score (nSPS) is 12.5. The molecule has 0 saturated heterocycles. The van der Waals surface area contributed by atoms with E-state index in [0.717, 1.165) is 29.0 Å². The van der Waals surface area contributed by atoms with Crippen molar-refractivity contribution in [3.8, 4) is 5.75 Å². The van der Waals surface area contributed by atoms with E-state index >= 15 is 0 Å². The van der Waals surface area contributed by atoms with Crippen molar-refractivity contribution in [2.75, 3.05) is 32.9 Å². The van der Waals surface area contributed by atoms with Crippen LogP contribution in [-0.2, 0) is 17.7 Å². The molecule has 6 heteroatoms. The first-order valence-electron chi connectivity index (χ1n) is 10.7. The van der Waals surface area contributed by atoms with Crippen LogP contribution in [0.2, 0.25) is 0 Å². The number of nitrogens with zero attached hydrogens (tertiary/aromatic N) is 1. The summed E-state index contributed by atoms with van der Waals surface area (Å²) in [6, 6.07) is 16.1. The number of rotatable bonds is 12. The zero-order valence-electron chi connectivity index (χ0n) is 18.4. The summed E-state index contributed by atoms with van der Waals surface area (Å²) >= 11 is 0. The second kappa shape index (κ2) is 13.6. The molecule has 0 saturated carbocycles. The van der Waals surface area contributed by atoms with E-state index in [1.807, 2.05) is 63.2 Å². The van der Waals surface area contributed by atoms with E-state index < -0.39 is 6.10 Å². The average molecular weight is 414 g/mol. The monoisotopic (exact) mass is 413 g/mol. The number of benzene rings is 2. The largest absolute Gasteiger partial charge is 0.491 e. The number of aliphatic hydroxyl groups is 1. The van der Waals surface area contributed by atoms with E-state index in [1.165, 1.54) is 0 Å². The van der Waals surface area contributed by atoms with Gasteiger partial charge in [0.2, 0.25) is 0 Å². The standard InChI is InChI=1S/C24H35N3O3/c1-4-25-24(27-18-22(28)16-20-9-7-6-8-10-20)26-17-21-12-11-19(3)15-23(21)30-14-13-29-5-2/h6-12,15,22,28H,4-5,13-14,16-18H2,1-3H3,(H2,25,26,27). The van der Waals surface area contributed by atoms with Crippen molar-refractivity contribution in [1.29, 1.82) is 0 Å². The van der Waals surface area contributed by atoms with Crippen LogP contribution in [0.15, 0.2) is 53.5 Å². The Hall–Kier alpha value is -2.57. The highest BCUT2D eigenvalue weighted by atomic mass is 16.5. The summed E-state index contributed by atoms with van der Waals surface area (Å²) in [4.78, 5) is 4.67. The maximum absolute atomic E-state index is 10.3. The van der Waals surface area contributed by atoms with Gasteiger partial charge in [-0.1, -0.05) is 42.5 Å². The molecule has 2 aromatic carbocycles. The van der Waals surface area contributed by atoms with Crippen molar-refractivity contribution < 1.29 is 14.6 Å². The third kappa shape index (κ3) is 8.84. The van der Waals surface area contributed by atoms with Gasteiger partial charge in [-0.3, -0.25) is 0 Å². The summed E-state index contributed by atoms with van der Waals surface area (Å²) in [5, 5.41) is 16.8. The molecule has 3 N–H and O–H groups in total. The van der Waals surface area contributed by atoms with Gasteiger partial charge in [0.25, 0.3) is 0 Å². The number of ether oxygens (including phenoxy) is 2. The summed E-state index contributed by atoms with van der Waals surface area (Å²) in [6.45, 7) is 9.44. The van der Waals surface area contributed by atoms with Gasteiger partial charge in [-0.2, -0.15) is 0 Å². The van der Waals surface area contributed by atoms with Crippen LogP contribution in [0.4, 0.5) is 0 Å². The summed E-state index contributed by atoms with van der Waals surface area (Å²) in [6.07, 6.45) is 0.108. The number of aryl methyl sites for hydroxylation is 1. The highest BCUT2D eigenvalue weighted by molar-refractivity contribution is 5.79. The molecule has 0 radical (unpaired) electrons. The molecule has 0 heterocycles. The molecule has 0 bridgehead atoms. The quantitative estimate of drug-likeness (QED) is 0.283. The van der Waals surface area contributed by atoms with Crippen LogP contribution in [0.3, 0.4) is 0 Å². The first-order chi connectivity index (χ1) is 14.6. The zero-order valence-corrected chi connectivity index (χ0v) is 18.4. The molecule has 0 spiro atoms. The number of hydrogen-bond acceptors (Lipinski definition) is 4. The molecule has 6 nitrogen and oxygen atoms in total. The van der Waals surface area contributed by atoms with Crippen LogP contribution in [0, 0.1) is 6.92 Å². The van der Waals surface area contributed by atoms with Crippen molar-refractivity contribution >= 4 is 5.96 Å². The Labute approximate surface area is 180 Å². The molecule has 2 aromatic rings. The van der Waals surface area contributed by atoms with Crippen LogP contribution >= 0.6 is 0 Å². The number of nitrogens with one attached hydrogen (secondary N) is 2. The Bertz CT molecular complexity index is 766. The van der Waals surface area contributed by atoms with Gasteiger partial charge < -0.3 is 25.2 Å². The van der Waals surface area contributed by atoms with Crippen molar-refractivity contribution in [2.24, 2.45) is 4.99 Å². The smallest absolute Gasteiger partial charge is 0.191 e. The molecule has 0 fully saturated rings. The Morgan fingerprint density at radius 1 is 1.07 bits per heavy atom. The molecule has 1 unspecified atom stereocenters. The summed E-state index contributed by atoms with van der Waals surface area (Å²) in [7, 11) is 0. The van der Waals surface area contributed by atoms with E-state index in [1.54, 1.807) is 0 Å². The third-order valence-electron chi connectivity index (χ3n) is 4.48. The third-order valence-corrected chi connectivity index (χ3v) is 4.48. The average Bonchev–Trinajstić information content (AvgIpc) is 2.75. The van der Waals surface area contributed by atoms with Crippen LogP contribution in [0.5, 0.6) is 5.75 Å². The highest BCUT2D eigenvalue weighted by Gasteiger charge is 2.08. The van der Waals surface area contributed by atoms with Gasteiger partial charge in [0, 0.05) is 31.7 Å². The topological polar surface area (TPSA) is 75.1 Å². The van der Waals surface area contributed by atoms with Crippen molar-refractivity contribution in [1.82, 2.24) is 10.6 Å². The SMILES string of the molecule is CCNC(=NCc1ccc(C)cc1OCCOCC)NCC(O)Cc1ccccc1. The van der Waals surface area contributed by atoms with Crippen LogP contribution < -0.4 is 15.4 Å². The minimum absolute atomic E-state index is 0.423. The molecule has 2 rings (SSSR count). The lowest BCUT2D eigenvalue weighted by Crippen LogP contribution is -2.41. The lowest BCUT2D eigenvalue weighted by molar-refractivity contribution is 0.110. The molecule has 0 amide bonds. The maximum atomic E-state index is 10.3. The fraction of sp³-hybridized carbons (Fsp3) is 0.458. The molecule has 0 aliphatic carbocycles. The Morgan fingerprint density at radius 3 is 2.60 bits per heavy atom. The van der Waals surface area contributed by atoms with Gasteiger partial charge in [0.1, 0.15) is 12.4 Å². The second-order valence-corrected chi connectivity index (χ2v) is 7.08. The lowest BCUT2D eigenvalue weighted by atomic mass is 10.1. The second-order valence-electron chi connectivity index (χ2n) is 7.08. The number of hydrogen-bond donors (Lipinski definition) is 3. The minimum atomic E-state index is -0.493. The predicted molar refractivity (Wildman–Crippen MR) is 122 cm³/mol. The number of aliphatic imine (C=N–C) groups is 1. The summed E-state index contributed by atoms with van der Waals surface area (Å²) in [5.41, 5.74) is 3.27. The highest BCUT2D eigenvalue weighted by Crippen LogP contribution is 2.21. The van der Waals surface area contributed by atoms with Gasteiger partial charge in [0.15, 0.2) is 5.96 Å². The van der Waals surface area contributed by atoms with Crippen LogP contribution in [0.1, 0.15) is 30.5 Å². The van der Waals surface area contributed by atoms with Crippen molar-refractivity contribution in [3.05, 3.63) is 65.2 Å². The van der Waals surface area contributed by atoms with Crippen LogP contribution in [-0.4, -0.2) is 50.1 Å². The Balaban J connectivity index is 1.94. The molecular weight excluding hydrogens is 378 g/mol. The Kier molecular flexibility index (Phi) is 10.8. The molecule has 0 aromatic heterocycles. The molecule has 164 valence electrons. The van der Waals surface area contributed by atoms with Crippen LogP contribution in [0.25, 0.3) is 0 Å². The minimum Gasteiger partial charge on any atom is -0.491 e. The van der Waals surface area contributed by atoms with E-state index in [2.05, 4.69) is 21.7 Å². The number of guanidine groups is 1. The summed E-state index contributed by atoms with van der Waals surface area (Å²) in [5.74, 6) is 1.50. The first-order valence-corrected chi connectivity index (χ1v) is 10.7. The van der Waals surface area contributed by atoms with E-state index in [9.17, 15) is 5.11 Å². The molecular formula is C24H35N3O3. The van der Waals surface area contributed by atoms with E-state index in [-0.39, 0.29) is 0 Å². The fourth-order valence-electron chi connectivity index (χ4n) is 2.96. The van der Waals surface area contributed by atoms with Crippen molar-refractivity contribution in [2.45, 2.75) is 39.8 Å². The summed E-state index contributed by atoms with van der Waals surface area (Å²) < 4.78 is 11.3. The zero-order chi connectivity index (χ0) is 21.6. The van der Waals surface area contributed by atoms with E-state index in [0.29, 0.717) is 45.3 Å². The van der Waals surface area contributed by atoms with Gasteiger partial charge in [-0.05, 0) is 38.0 Å². The van der Waals surface area contributed by atoms with Gasteiger partial charge in [-0.15, -0.1) is 0 Å². The van der Waals surface area contributed by atoms with E-state index in [4.69, 9.17) is 9.47 Å². The van der Waals surface area contributed by atoms with Crippen molar-refractivity contribution in [3.63, 3.8) is 0 Å².